The van der Waals surface area contributed by atoms with Crippen molar-refractivity contribution in [3.63, 3.8) is 0 Å². The Bertz CT molecular complexity index is 568. The second kappa shape index (κ2) is 4.55. The molecule has 4 nitrogen and oxygen atoms in total. The zero-order chi connectivity index (χ0) is 12.4. The average Bonchev–Trinajstić information content (AvgIpc) is 2.71. The molecular weight excluding hydrogens is 247 g/mol. The summed E-state index contributed by atoms with van der Waals surface area (Å²) in [6.45, 7) is 0. The first kappa shape index (κ1) is 11.6. The molecule has 0 saturated carbocycles. The Morgan fingerprint density at radius 1 is 1.47 bits per heavy atom. The summed E-state index contributed by atoms with van der Waals surface area (Å²) in [5.74, 6) is -1.12. The van der Waals surface area contributed by atoms with Gasteiger partial charge in [-0.1, -0.05) is 23.7 Å². The lowest BCUT2D eigenvalue weighted by molar-refractivity contribution is 0.0593. The molecule has 0 radical (unpaired) electrons. The van der Waals surface area contributed by atoms with E-state index >= 15 is 0 Å². The van der Waals surface area contributed by atoms with Crippen LogP contribution in [0.25, 0.3) is 5.69 Å². The van der Waals surface area contributed by atoms with Gasteiger partial charge in [0.1, 0.15) is 11.5 Å². The third-order valence-electron chi connectivity index (χ3n) is 2.15. The molecule has 17 heavy (non-hydrogen) atoms. The van der Waals surface area contributed by atoms with Gasteiger partial charge in [-0.2, -0.15) is 5.10 Å². The number of aromatic nitrogens is 2. The van der Waals surface area contributed by atoms with Crippen molar-refractivity contribution in [1.82, 2.24) is 9.78 Å². The summed E-state index contributed by atoms with van der Waals surface area (Å²) in [4.78, 5) is 11.3. The lowest BCUT2D eigenvalue weighted by Gasteiger charge is -2.01. The Kier molecular flexibility index (Phi) is 3.10. The van der Waals surface area contributed by atoms with Crippen molar-refractivity contribution < 1.29 is 13.9 Å². The molecule has 88 valence electrons. The first-order valence-corrected chi connectivity index (χ1v) is 5.09. The van der Waals surface area contributed by atoms with Crippen LogP contribution in [0.5, 0.6) is 0 Å². The van der Waals surface area contributed by atoms with E-state index in [9.17, 15) is 9.18 Å². The average molecular weight is 255 g/mol. The number of halogens is 2. The van der Waals surface area contributed by atoms with Gasteiger partial charge in [0.25, 0.3) is 0 Å². The summed E-state index contributed by atoms with van der Waals surface area (Å²) < 4.78 is 19.2. The van der Waals surface area contributed by atoms with Gasteiger partial charge in [0, 0.05) is 0 Å². The summed E-state index contributed by atoms with van der Waals surface area (Å²) in [5, 5.41) is 3.99. The molecule has 0 atom stereocenters. The minimum atomic E-state index is -0.662. The quantitative estimate of drug-likeness (QED) is 0.773. The predicted octanol–water partition coefficient (Wildman–Crippen LogP) is 2.45. The van der Waals surface area contributed by atoms with Gasteiger partial charge >= 0.3 is 5.97 Å². The van der Waals surface area contributed by atoms with E-state index in [0.717, 1.165) is 0 Å². The highest BCUT2D eigenvalue weighted by molar-refractivity contribution is 6.33. The van der Waals surface area contributed by atoms with E-state index in [0.29, 0.717) is 0 Å². The first-order valence-electron chi connectivity index (χ1n) is 4.72. The van der Waals surface area contributed by atoms with Crippen LogP contribution < -0.4 is 0 Å². The molecule has 0 unspecified atom stereocenters. The Balaban J connectivity index is 2.49. The molecule has 0 aliphatic heterocycles. The van der Waals surface area contributed by atoms with Gasteiger partial charge in [-0.05, 0) is 12.1 Å². The van der Waals surface area contributed by atoms with Crippen LogP contribution in [0.15, 0.2) is 30.5 Å². The van der Waals surface area contributed by atoms with E-state index in [-0.39, 0.29) is 16.4 Å². The van der Waals surface area contributed by atoms with Gasteiger partial charge in [0.15, 0.2) is 5.69 Å². The van der Waals surface area contributed by atoms with Gasteiger partial charge in [0.2, 0.25) is 0 Å². The predicted molar refractivity (Wildman–Crippen MR) is 59.9 cm³/mol. The molecule has 0 amide bonds. The number of hydrogen-bond donors (Lipinski definition) is 0. The zero-order valence-electron chi connectivity index (χ0n) is 8.85. The van der Waals surface area contributed by atoms with Crippen LogP contribution >= 0.6 is 11.6 Å². The largest absolute Gasteiger partial charge is 0.464 e. The fourth-order valence-corrected chi connectivity index (χ4v) is 1.56. The van der Waals surface area contributed by atoms with Gasteiger partial charge in [0.05, 0.1) is 18.3 Å². The maximum absolute atomic E-state index is 13.5. The second-order valence-corrected chi connectivity index (χ2v) is 3.62. The number of ether oxygens (including phenoxy) is 1. The smallest absolute Gasteiger partial charge is 0.360 e. The summed E-state index contributed by atoms with van der Waals surface area (Å²) in [5.41, 5.74) is 0.168. The monoisotopic (exact) mass is 254 g/mol. The molecular formula is C11H8ClFN2O2. The summed E-state index contributed by atoms with van der Waals surface area (Å²) in [6.07, 6.45) is 1.35. The van der Waals surface area contributed by atoms with E-state index in [1.165, 1.54) is 30.1 Å². The minimum Gasteiger partial charge on any atom is -0.464 e. The minimum absolute atomic E-state index is 0.0441. The maximum atomic E-state index is 13.5. The van der Waals surface area contributed by atoms with Gasteiger partial charge in [-0.3, -0.25) is 0 Å². The lowest BCUT2D eigenvalue weighted by Crippen LogP contribution is -2.05. The summed E-state index contributed by atoms with van der Waals surface area (Å²) in [6, 6.07) is 6.04. The first-order chi connectivity index (χ1) is 8.13. The SMILES string of the molecule is COC(=O)c1nn(-c2ccccc2F)cc1Cl. The number of nitrogens with zero attached hydrogens (tertiary/aromatic N) is 2. The van der Waals surface area contributed by atoms with Crippen molar-refractivity contribution in [2.75, 3.05) is 7.11 Å². The van der Waals surface area contributed by atoms with E-state index in [1.54, 1.807) is 12.1 Å². The van der Waals surface area contributed by atoms with Gasteiger partial charge in [-0.15, -0.1) is 0 Å². The topological polar surface area (TPSA) is 44.1 Å². The van der Waals surface area contributed by atoms with Crippen LogP contribution in [-0.4, -0.2) is 22.9 Å². The number of rotatable bonds is 2. The molecule has 1 heterocycles. The lowest BCUT2D eigenvalue weighted by atomic mass is 10.3. The van der Waals surface area contributed by atoms with E-state index < -0.39 is 11.8 Å². The molecule has 1 aromatic heterocycles. The van der Waals surface area contributed by atoms with Gasteiger partial charge in [-0.25, -0.2) is 13.9 Å². The Labute approximate surface area is 102 Å². The van der Waals surface area contributed by atoms with Crippen LogP contribution in [0, 0.1) is 5.82 Å². The van der Waals surface area contributed by atoms with Crippen LogP contribution in [0.4, 0.5) is 4.39 Å². The second-order valence-electron chi connectivity index (χ2n) is 3.21. The Hall–Kier alpha value is -1.88. The fraction of sp³-hybridized carbons (Fsp3) is 0.0909. The highest BCUT2D eigenvalue weighted by Gasteiger charge is 2.17. The maximum Gasteiger partial charge on any atom is 0.360 e. The van der Waals surface area contributed by atoms with Crippen molar-refractivity contribution in [1.29, 1.82) is 0 Å². The van der Waals surface area contributed by atoms with Gasteiger partial charge < -0.3 is 4.74 Å². The van der Waals surface area contributed by atoms with E-state index in [4.69, 9.17) is 11.6 Å². The third kappa shape index (κ3) is 2.14. The molecule has 0 bridgehead atoms. The number of para-hydroxylation sites is 1. The molecule has 2 rings (SSSR count). The molecule has 1 aromatic carbocycles. The molecule has 0 N–H and O–H groups in total. The number of carbonyl (C=O) groups excluding carboxylic acids is 1. The highest BCUT2D eigenvalue weighted by atomic mass is 35.5. The molecule has 2 aromatic rings. The van der Waals surface area contributed by atoms with Crippen molar-refractivity contribution in [3.05, 3.63) is 47.0 Å². The number of benzene rings is 1. The van der Waals surface area contributed by atoms with Crippen LogP contribution in [-0.2, 0) is 4.74 Å². The molecule has 0 fully saturated rings. The van der Waals surface area contributed by atoms with Crippen LogP contribution in [0.1, 0.15) is 10.5 Å². The Morgan fingerprint density at radius 3 is 2.82 bits per heavy atom. The van der Waals surface area contributed by atoms with Crippen molar-refractivity contribution >= 4 is 17.6 Å². The number of hydrogen-bond acceptors (Lipinski definition) is 3. The standard InChI is InChI=1S/C11H8ClFN2O2/c1-17-11(16)10-7(12)6-15(14-10)9-5-3-2-4-8(9)13/h2-6H,1H3. The highest BCUT2D eigenvalue weighted by Crippen LogP contribution is 2.19. The van der Waals surface area contributed by atoms with Crippen molar-refractivity contribution in [3.8, 4) is 5.69 Å². The number of methoxy groups -OCH3 is 1. The molecule has 6 heteroatoms. The van der Waals surface area contributed by atoms with E-state index in [2.05, 4.69) is 9.84 Å². The molecule has 0 spiro atoms. The van der Waals surface area contributed by atoms with E-state index in [1.807, 2.05) is 0 Å². The van der Waals surface area contributed by atoms with Crippen molar-refractivity contribution in [2.45, 2.75) is 0 Å². The normalized spacial score (nSPS) is 10.3. The zero-order valence-corrected chi connectivity index (χ0v) is 9.61. The summed E-state index contributed by atoms with van der Waals surface area (Å²) in [7, 11) is 1.22. The summed E-state index contributed by atoms with van der Waals surface area (Å²) >= 11 is 5.81. The molecule has 0 aliphatic carbocycles. The van der Waals surface area contributed by atoms with Crippen LogP contribution in [0.3, 0.4) is 0 Å². The number of esters is 1. The van der Waals surface area contributed by atoms with Crippen molar-refractivity contribution in [2.24, 2.45) is 0 Å². The number of carbonyl (C=O) groups is 1. The fourth-order valence-electron chi connectivity index (χ4n) is 1.35. The molecule has 0 aliphatic rings. The Morgan fingerprint density at radius 2 is 2.18 bits per heavy atom. The third-order valence-corrected chi connectivity index (χ3v) is 2.42. The van der Waals surface area contributed by atoms with Crippen LogP contribution in [0.2, 0.25) is 5.02 Å². The molecule has 0 saturated heterocycles.